The summed E-state index contributed by atoms with van der Waals surface area (Å²) in [5.74, 6) is 0. The van der Waals surface area contributed by atoms with Crippen LogP contribution >= 0.6 is 11.6 Å². The van der Waals surface area contributed by atoms with Gasteiger partial charge in [0.05, 0.1) is 17.9 Å². The summed E-state index contributed by atoms with van der Waals surface area (Å²) < 4.78 is 50.9. The molecule has 0 radical (unpaired) electrons. The molecule has 0 N–H and O–H groups in total. The van der Waals surface area contributed by atoms with Gasteiger partial charge in [0.2, 0.25) is 0 Å². The van der Waals surface area contributed by atoms with Crippen LogP contribution in [0.4, 0.5) is 22.8 Å². The highest BCUT2D eigenvalue weighted by atomic mass is 35.5. The van der Waals surface area contributed by atoms with Crippen LogP contribution in [0.2, 0.25) is 18.1 Å². The Bertz CT molecular complexity index is 811. The highest BCUT2D eigenvalue weighted by Crippen LogP contribution is 2.40. The van der Waals surface area contributed by atoms with Gasteiger partial charge in [0.25, 0.3) is 0 Å². The van der Waals surface area contributed by atoms with E-state index in [4.69, 9.17) is 20.8 Å². The van der Waals surface area contributed by atoms with E-state index in [2.05, 4.69) is 4.98 Å². The molecule has 29 heavy (non-hydrogen) atoms. The van der Waals surface area contributed by atoms with Gasteiger partial charge >= 0.3 is 17.6 Å². The number of rotatable bonds is 4. The lowest BCUT2D eigenvalue weighted by Crippen LogP contribution is -2.46. The average Bonchev–Trinajstić information content (AvgIpc) is 2.87. The smallest absolute Gasteiger partial charge is 0.418 e. The van der Waals surface area contributed by atoms with E-state index in [9.17, 15) is 22.8 Å². The molecular formula is C18H24ClF3N2O4Si. The van der Waals surface area contributed by atoms with Gasteiger partial charge in [-0.05, 0) is 48.8 Å². The average molecular weight is 453 g/mol. The monoisotopic (exact) mass is 452 g/mol. The number of aromatic nitrogens is 1. The summed E-state index contributed by atoms with van der Waals surface area (Å²) in [4.78, 5) is 28.8. The molecule has 2 heterocycles. The number of hydrogen-bond donors (Lipinski definition) is 0. The molecule has 1 aliphatic rings. The Balaban J connectivity index is 2.43. The normalized spacial score (nSPS) is 20.8. The van der Waals surface area contributed by atoms with Crippen molar-refractivity contribution >= 4 is 31.4 Å². The van der Waals surface area contributed by atoms with Gasteiger partial charge in [0.15, 0.2) is 14.4 Å². The van der Waals surface area contributed by atoms with Crippen molar-refractivity contribution in [3.8, 4) is 0 Å². The van der Waals surface area contributed by atoms with Crippen LogP contribution in [0.25, 0.3) is 0 Å². The minimum atomic E-state index is -4.60. The number of carbonyl (C=O) groups is 2. The molecule has 0 bridgehead atoms. The molecule has 1 aromatic heterocycles. The van der Waals surface area contributed by atoms with Gasteiger partial charge < -0.3 is 9.16 Å². The standard InChI is InChI=1S/C18H24ClF3N2O4Si/c1-10-7-11(18(20,21)22)8-12(23-10)14-13(24(15(19)25)16(26)28-14)9-27-29(5,6)17(2,3)4/h7-8,13-14H,9H2,1-6H3/t13-,14+/m0/s1. The Morgan fingerprint density at radius 2 is 1.90 bits per heavy atom. The van der Waals surface area contributed by atoms with E-state index >= 15 is 0 Å². The van der Waals surface area contributed by atoms with Gasteiger partial charge in [-0.1, -0.05) is 20.8 Å². The SMILES string of the molecule is Cc1cc(C(F)(F)F)cc([C@H]2OC(=O)N(C(=O)Cl)[C@H]2CO[Si](C)(C)C(C)(C)C)n1. The Kier molecular flexibility index (Phi) is 6.42. The quantitative estimate of drug-likeness (QED) is 0.335. The summed E-state index contributed by atoms with van der Waals surface area (Å²) in [5.41, 5.74) is -0.934. The fourth-order valence-electron chi connectivity index (χ4n) is 2.65. The second-order valence-electron chi connectivity index (χ2n) is 8.49. The molecule has 11 heteroatoms. The van der Waals surface area contributed by atoms with Gasteiger partial charge in [0, 0.05) is 5.69 Å². The zero-order chi connectivity index (χ0) is 22.4. The predicted molar refractivity (Wildman–Crippen MR) is 103 cm³/mol. The van der Waals surface area contributed by atoms with Crippen LogP contribution in [0.3, 0.4) is 0 Å². The summed E-state index contributed by atoms with van der Waals surface area (Å²) in [6, 6.07) is 0.676. The maximum absolute atomic E-state index is 13.2. The largest absolute Gasteiger partial charge is 0.437 e. The highest BCUT2D eigenvalue weighted by molar-refractivity contribution is 6.74. The van der Waals surface area contributed by atoms with E-state index < -0.39 is 43.7 Å². The van der Waals surface area contributed by atoms with E-state index in [1.54, 1.807) is 0 Å². The van der Waals surface area contributed by atoms with Crippen molar-refractivity contribution < 1.29 is 31.9 Å². The summed E-state index contributed by atoms with van der Waals surface area (Å²) in [6.45, 7) is 11.3. The second kappa shape index (κ2) is 7.88. The van der Waals surface area contributed by atoms with E-state index in [0.717, 1.165) is 12.1 Å². The molecule has 0 unspecified atom stereocenters. The molecule has 2 atom stereocenters. The highest BCUT2D eigenvalue weighted by Gasteiger charge is 2.49. The minimum absolute atomic E-state index is 0.102. The van der Waals surface area contributed by atoms with Crippen LogP contribution in [-0.4, -0.2) is 42.3 Å². The molecule has 2 rings (SSSR count). The number of amides is 2. The van der Waals surface area contributed by atoms with Crippen molar-refractivity contribution in [1.29, 1.82) is 0 Å². The number of imide groups is 1. The van der Waals surface area contributed by atoms with Crippen molar-refractivity contribution in [3.05, 3.63) is 29.1 Å². The Labute approximate surface area is 173 Å². The Morgan fingerprint density at radius 1 is 1.31 bits per heavy atom. The Morgan fingerprint density at radius 3 is 2.38 bits per heavy atom. The van der Waals surface area contributed by atoms with Gasteiger partial charge in [-0.25, -0.2) is 9.69 Å². The van der Waals surface area contributed by atoms with Crippen molar-refractivity contribution in [2.24, 2.45) is 0 Å². The molecule has 2 amide bonds. The first-order valence-electron chi connectivity index (χ1n) is 8.93. The third-order valence-electron chi connectivity index (χ3n) is 5.31. The summed E-state index contributed by atoms with van der Waals surface area (Å²) in [7, 11) is -2.29. The van der Waals surface area contributed by atoms with Crippen LogP contribution in [0.5, 0.6) is 0 Å². The van der Waals surface area contributed by atoms with E-state index in [1.165, 1.54) is 6.92 Å². The van der Waals surface area contributed by atoms with Crippen molar-refractivity contribution in [3.63, 3.8) is 0 Å². The first kappa shape index (κ1) is 23.6. The number of carbonyl (C=O) groups excluding carboxylic acids is 2. The topological polar surface area (TPSA) is 68.7 Å². The van der Waals surface area contributed by atoms with Crippen molar-refractivity contribution in [1.82, 2.24) is 9.88 Å². The molecule has 0 saturated carbocycles. The van der Waals surface area contributed by atoms with Crippen LogP contribution in [-0.2, 0) is 15.3 Å². The molecule has 1 saturated heterocycles. The van der Waals surface area contributed by atoms with Crippen molar-refractivity contribution in [2.45, 2.75) is 64.1 Å². The molecule has 162 valence electrons. The molecule has 0 aromatic carbocycles. The number of halogens is 4. The predicted octanol–water partition coefficient (Wildman–Crippen LogP) is 5.65. The minimum Gasteiger partial charge on any atom is -0.437 e. The molecular weight excluding hydrogens is 429 g/mol. The number of ether oxygens (including phenoxy) is 1. The number of cyclic esters (lactones) is 1. The maximum Gasteiger partial charge on any atom is 0.418 e. The van der Waals surface area contributed by atoms with Crippen LogP contribution in [0, 0.1) is 6.92 Å². The summed E-state index contributed by atoms with van der Waals surface area (Å²) in [6.07, 6.45) is -6.87. The van der Waals surface area contributed by atoms with E-state index in [-0.39, 0.29) is 23.0 Å². The molecule has 0 spiro atoms. The van der Waals surface area contributed by atoms with E-state index in [1.807, 2.05) is 33.9 Å². The number of hydrogen-bond acceptors (Lipinski definition) is 5. The lowest BCUT2D eigenvalue weighted by molar-refractivity contribution is -0.137. The maximum atomic E-state index is 13.2. The molecule has 0 aliphatic carbocycles. The fourth-order valence-corrected chi connectivity index (χ4v) is 3.86. The van der Waals surface area contributed by atoms with Gasteiger partial charge in [0.1, 0.15) is 6.04 Å². The third-order valence-corrected chi connectivity index (χ3v) is 9.99. The number of nitrogens with zero attached hydrogens (tertiary/aromatic N) is 2. The van der Waals surface area contributed by atoms with E-state index in [0.29, 0.717) is 4.90 Å². The third kappa shape index (κ3) is 5.10. The summed E-state index contributed by atoms with van der Waals surface area (Å²) >= 11 is 5.54. The first-order valence-corrected chi connectivity index (χ1v) is 12.2. The second-order valence-corrected chi connectivity index (χ2v) is 13.6. The number of pyridine rings is 1. The van der Waals surface area contributed by atoms with Crippen LogP contribution < -0.4 is 0 Å². The lowest BCUT2D eigenvalue weighted by Gasteiger charge is -2.37. The first-order chi connectivity index (χ1) is 13.0. The van der Waals surface area contributed by atoms with Gasteiger partial charge in [-0.2, -0.15) is 13.2 Å². The van der Waals surface area contributed by atoms with Gasteiger partial charge in [-0.15, -0.1) is 0 Å². The number of aryl methyl sites for hydroxylation is 1. The summed E-state index contributed by atoms with van der Waals surface area (Å²) in [5, 5.41) is -1.25. The van der Waals surface area contributed by atoms with Gasteiger partial charge in [-0.3, -0.25) is 9.78 Å². The molecule has 1 aromatic rings. The zero-order valence-electron chi connectivity index (χ0n) is 17.1. The Hall–Kier alpha value is -1.65. The van der Waals surface area contributed by atoms with Crippen LogP contribution in [0.15, 0.2) is 12.1 Å². The van der Waals surface area contributed by atoms with Crippen molar-refractivity contribution in [2.75, 3.05) is 6.61 Å². The molecule has 6 nitrogen and oxygen atoms in total. The molecule has 1 fully saturated rings. The zero-order valence-corrected chi connectivity index (χ0v) is 18.8. The molecule has 1 aliphatic heterocycles. The number of alkyl halides is 3. The fraction of sp³-hybridized carbons (Fsp3) is 0.611. The lowest BCUT2D eigenvalue weighted by atomic mass is 10.1. The van der Waals surface area contributed by atoms with Crippen LogP contribution in [0.1, 0.15) is 43.8 Å².